The summed E-state index contributed by atoms with van der Waals surface area (Å²) >= 11 is 0. The van der Waals surface area contributed by atoms with Gasteiger partial charge in [-0.05, 0) is 0 Å². The third-order valence-corrected chi connectivity index (χ3v) is 12.3. The SMILES string of the molecule is COC1(COP(=O)(O)OP(=O)(O)OP(=O)(O)OC[C@H]2O[C@@H](n3cnc4c(=O)[nH]c(N)nc43)C(O)[C@H]2O)CO[C@@H]([N+]2=C=[N+](C)c3c2nc(N)[nH]c3=O)C1O. The zero-order valence-corrected chi connectivity index (χ0v) is 29.6. The molecule has 3 aromatic rings. The van der Waals surface area contributed by atoms with E-state index in [9.17, 15) is 53.3 Å². The van der Waals surface area contributed by atoms with Crippen molar-refractivity contribution in [2.75, 3.05) is 45.4 Å². The van der Waals surface area contributed by atoms with E-state index in [0.717, 1.165) is 22.6 Å². The maximum atomic E-state index is 12.7. The fourth-order valence-corrected chi connectivity index (χ4v) is 9.10. The zero-order valence-electron chi connectivity index (χ0n) is 26.9. The quantitative estimate of drug-likeness (QED) is 0.0585. The van der Waals surface area contributed by atoms with Crippen LogP contribution in [0.1, 0.15) is 6.23 Å². The Balaban J connectivity index is 1.06. The number of hydrogen-bond donors (Lipinski definition) is 10. The lowest BCUT2D eigenvalue weighted by Crippen LogP contribution is -2.50. The van der Waals surface area contributed by atoms with Gasteiger partial charge in [0.25, 0.3) is 11.8 Å². The number of methoxy groups -OCH3 is 1. The first kappa shape index (κ1) is 39.1. The first-order valence-electron chi connectivity index (χ1n) is 14.6. The average Bonchev–Trinajstić information content (AvgIpc) is 3.77. The van der Waals surface area contributed by atoms with E-state index in [1.807, 2.05) is 0 Å². The van der Waals surface area contributed by atoms with Gasteiger partial charge in [0.15, 0.2) is 23.5 Å². The number of fused-ring (bicyclic) bond motifs is 2. The molecule has 6 heterocycles. The first-order valence-corrected chi connectivity index (χ1v) is 19.1. The van der Waals surface area contributed by atoms with Gasteiger partial charge in [-0.15, -0.1) is 4.58 Å². The number of nitrogens with two attached hydrogens (primary N) is 2. The second-order valence-electron chi connectivity index (χ2n) is 11.5. The summed E-state index contributed by atoms with van der Waals surface area (Å²) in [7, 11) is -14.9. The van der Waals surface area contributed by atoms with Gasteiger partial charge in [-0.3, -0.25) is 33.2 Å². The van der Waals surface area contributed by atoms with Crippen LogP contribution in [0.15, 0.2) is 15.9 Å². The molecule has 0 aromatic carbocycles. The molecule has 3 aromatic heterocycles. The van der Waals surface area contributed by atoms with E-state index in [-0.39, 0.29) is 34.6 Å². The highest BCUT2D eigenvalue weighted by molar-refractivity contribution is 7.66. The Kier molecular flexibility index (Phi) is 10.3. The summed E-state index contributed by atoms with van der Waals surface area (Å²) in [5.41, 5.74) is 7.52. The van der Waals surface area contributed by atoms with Crippen LogP contribution in [0.25, 0.3) is 11.2 Å². The number of anilines is 2. The largest absolute Gasteiger partial charge is 0.490 e. The number of aromatic nitrogens is 6. The number of nitrogens with one attached hydrogen (secondary N) is 2. The van der Waals surface area contributed by atoms with Gasteiger partial charge >= 0.3 is 52.5 Å². The van der Waals surface area contributed by atoms with E-state index in [0.29, 0.717) is 0 Å². The molecule has 0 saturated carbocycles. The van der Waals surface area contributed by atoms with E-state index in [2.05, 4.69) is 44.1 Å². The number of phosphoric acid groups is 3. The predicted molar refractivity (Wildman–Crippen MR) is 168 cm³/mol. The molecule has 0 bridgehead atoms. The Morgan fingerprint density at radius 3 is 2.34 bits per heavy atom. The molecule has 31 heteroatoms. The fraction of sp³-hybridized carbons (Fsp3) is 0.545. The highest BCUT2D eigenvalue weighted by atomic mass is 31.3. The van der Waals surface area contributed by atoms with Crippen LogP contribution in [0.5, 0.6) is 0 Å². The van der Waals surface area contributed by atoms with Gasteiger partial charge in [-0.2, -0.15) is 13.6 Å². The highest BCUT2D eigenvalue weighted by Crippen LogP contribution is 2.68. The molecule has 2 saturated heterocycles. The second-order valence-corrected chi connectivity index (χ2v) is 16.2. The number of imidazole rings is 1. The molecule has 6 unspecified atom stereocenters. The lowest BCUT2D eigenvalue weighted by atomic mass is 10.00. The second kappa shape index (κ2) is 13.9. The van der Waals surface area contributed by atoms with E-state index >= 15 is 0 Å². The van der Waals surface area contributed by atoms with Gasteiger partial charge in [0.1, 0.15) is 31.0 Å². The minimum atomic E-state index is -6.01. The molecule has 3 aliphatic rings. The van der Waals surface area contributed by atoms with Crippen molar-refractivity contribution in [3.05, 3.63) is 27.0 Å². The third-order valence-electron chi connectivity index (χ3n) is 8.03. The molecule has 28 nitrogen and oxygen atoms in total. The number of rotatable bonds is 13. The van der Waals surface area contributed by atoms with Crippen molar-refractivity contribution in [2.24, 2.45) is 0 Å². The lowest BCUT2D eigenvalue weighted by molar-refractivity contribution is -0.550. The summed E-state index contributed by atoms with van der Waals surface area (Å²) in [6.45, 7) is -2.69. The van der Waals surface area contributed by atoms with E-state index in [1.165, 1.54) is 11.6 Å². The van der Waals surface area contributed by atoms with Crippen LogP contribution in [-0.4, -0.2) is 145 Å². The number of aromatic amines is 2. The Bertz CT molecular complexity index is 2290. The van der Waals surface area contributed by atoms with Crippen LogP contribution in [0, 0.1) is 0 Å². The first-order chi connectivity index (χ1) is 24.7. The summed E-state index contributed by atoms with van der Waals surface area (Å²) in [4.78, 5) is 71.0. The molecule has 0 spiro atoms. The standard InChI is InChI=1S/C22H29N10O18P3/c1-30-7-32(15-10(30)17(37)29-21(24)27-15)19-13(35)22(44-2,4-45-19)5-47-52(40,41)50-53(42,43)49-51(38,39)46-3-8-11(33)12(34)18(48-8)31-6-25-9-14(31)26-20(23)28-16(9)36/h6,8,11-13,18-19,33-35H,3-5H2,1-2H3,(H7-2,23,24,26,27,28,29,36,37,38,39,40,41,42,43)/p+2/t8-,11+,12?,13?,18-,19-,22?/m1/s1. The van der Waals surface area contributed by atoms with Crippen LogP contribution in [0.2, 0.25) is 0 Å². The molecule has 6 rings (SSSR count). The molecule has 0 aliphatic carbocycles. The number of ether oxygens (including phenoxy) is 3. The Hall–Kier alpha value is -3.62. The van der Waals surface area contributed by atoms with Crippen molar-refractivity contribution < 1.29 is 84.7 Å². The van der Waals surface area contributed by atoms with Crippen molar-refractivity contribution >= 4 is 64.0 Å². The van der Waals surface area contributed by atoms with Crippen LogP contribution in [0.4, 0.5) is 23.4 Å². The Morgan fingerprint density at radius 1 is 1.02 bits per heavy atom. The molecule has 53 heavy (non-hydrogen) atoms. The lowest BCUT2D eigenvalue weighted by Gasteiger charge is -2.29. The minimum absolute atomic E-state index is 0.00223. The summed E-state index contributed by atoms with van der Waals surface area (Å²) in [6.07, 6.45) is -8.79. The number of aliphatic hydroxyl groups is 3. The number of aliphatic hydroxyl groups excluding tert-OH is 3. The van der Waals surface area contributed by atoms with Gasteiger partial charge in [-0.1, -0.05) is 4.58 Å². The molecular formula is C22H31N10O18P3+2. The van der Waals surface area contributed by atoms with Crippen LogP contribution in [-0.2, 0) is 45.6 Å². The van der Waals surface area contributed by atoms with Crippen molar-refractivity contribution in [1.29, 1.82) is 0 Å². The van der Waals surface area contributed by atoms with Crippen LogP contribution < -0.4 is 22.6 Å². The number of nitrogens with zero attached hydrogens (tertiary/aromatic N) is 6. The van der Waals surface area contributed by atoms with Gasteiger partial charge < -0.3 is 55.7 Å². The molecule has 290 valence electrons. The van der Waals surface area contributed by atoms with Gasteiger partial charge in [0, 0.05) is 7.11 Å². The molecular weight excluding hydrogens is 785 g/mol. The molecule has 2 fully saturated rings. The number of H-pyrrole nitrogens is 2. The highest BCUT2D eigenvalue weighted by Gasteiger charge is 2.59. The third kappa shape index (κ3) is 7.55. The molecule has 0 radical (unpaired) electrons. The van der Waals surface area contributed by atoms with Crippen molar-refractivity contribution in [3.8, 4) is 0 Å². The average molecular weight is 816 g/mol. The van der Waals surface area contributed by atoms with Crippen LogP contribution in [0.3, 0.4) is 0 Å². The topological polar surface area (TPSA) is 405 Å². The fourth-order valence-electron chi connectivity index (χ4n) is 5.53. The summed E-state index contributed by atoms with van der Waals surface area (Å²) < 4.78 is 75.1. The van der Waals surface area contributed by atoms with Crippen molar-refractivity contribution in [2.45, 2.75) is 42.5 Å². The molecule has 10 atom stereocenters. The summed E-state index contributed by atoms with van der Waals surface area (Å²) in [6, 6.07) is 2.71. The maximum Gasteiger partial charge on any atom is 0.490 e. The Labute approximate surface area is 293 Å². The summed E-state index contributed by atoms with van der Waals surface area (Å²) in [5, 5.41) is 32.1. The van der Waals surface area contributed by atoms with Gasteiger partial charge in [0.05, 0.1) is 31.1 Å². The molecule has 12 N–H and O–H groups in total. The zero-order chi connectivity index (χ0) is 38.8. The monoisotopic (exact) mass is 816 g/mol. The molecule has 3 aliphatic heterocycles. The van der Waals surface area contributed by atoms with Crippen LogP contribution >= 0.6 is 23.5 Å². The van der Waals surface area contributed by atoms with E-state index in [4.69, 9.17) is 30.2 Å². The van der Waals surface area contributed by atoms with Gasteiger partial charge in [0.2, 0.25) is 5.95 Å². The maximum absolute atomic E-state index is 12.7. The van der Waals surface area contributed by atoms with Crippen molar-refractivity contribution in [3.63, 3.8) is 0 Å². The minimum Gasteiger partial charge on any atom is -0.387 e. The van der Waals surface area contributed by atoms with E-state index in [1.54, 1.807) is 0 Å². The van der Waals surface area contributed by atoms with Gasteiger partial charge in [-0.25, -0.2) is 18.7 Å². The summed E-state index contributed by atoms with van der Waals surface area (Å²) in [5.74, 6) is -0.635. The normalized spacial score (nSPS) is 30.4. The predicted octanol–water partition coefficient (Wildman–Crippen LogP) is -3.74. The smallest absolute Gasteiger partial charge is 0.387 e. The number of phosphoric ester groups is 2. The Morgan fingerprint density at radius 2 is 1.66 bits per heavy atom. The van der Waals surface area contributed by atoms with Crippen molar-refractivity contribution in [1.82, 2.24) is 29.5 Å². The molecule has 0 amide bonds. The van der Waals surface area contributed by atoms with E-state index < -0.39 is 96.9 Å². The number of hydrogen-bond acceptors (Lipinski definition) is 20. The number of nitrogen functional groups attached to an aromatic ring is 2.